The molecule has 4 heteroatoms. The van der Waals surface area contributed by atoms with Gasteiger partial charge in [-0.25, -0.2) is 0 Å². The lowest BCUT2D eigenvalue weighted by atomic mass is 10.1. The van der Waals surface area contributed by atoms with Crippen molar-refractivity contribution < 1.29 is 4.52 Å². The van der Waals surface area contributed by atoms with Crippen LogP contribution in [0.1, 0.15) is 63.6 Å². The normalized spacial score (nSPS) is 10.9. The van der Waals surface area contributed by atoms with E-state index < -0.39 is 0 Å². The maximum absolute atomic E-state index is 5.43. The van der Waals surface area contributed by atoms with Gasteiger partial charge in [0.2, 0.25) is 5.89 Å². The molecule has 4 nitrogen and oxygen atoms in total. The second kappa shape index (κ2) is 9.16. The number of nitrogens with two attached hydrogens (primary N) is 1. The van der Waals surface area contributed by atoms with Gasteiger partial charge in [0.05, 0.1) is 0 Å². The van der Waals surface area contributed by atoms with Crippen molar-refractivity contribution in [3.63, 3.8) is 0 Å². The summed E-state index contributed by atoms with van der Waals surface area (Å²) in [4.78, 5) is 4.29. The van der Waals surface area contributed by atoms with Crippen LogP contribution in [0.2, 0.25) is 0 Å². The van der Waals surface area contributed by atoms with E-state index in [0.29, 0.717) is 13.0 Å². The molecule has 2 N–H and O–H groups in total. The van der Waals surface area contributed by atoms with Gasteiger partial charge in [0.1, 0.15) is 0 Å². The first-order valence-corrected chi connectivity index (χ1v) is 6.88. The van der Waals surface area contributed by atoms with Gasteiger partial charge in [-0.2, -0.15) is 4.98 Å². The summed E-state index contributed by atoms with van der Waals surface area (Å²) in [6.07, 6.45) is 10.8. The molecule has 0 saturated carbocycles. The molecule has 17 heavy (non-hydrogen) atoms. The van der Waals surface area contributed by atoms with E-state index in [-0.39, 0.29) is 0 Å². The zero-order chi connectivity index (χ0) is 12.3. The van der Waals surface area contributed by atoms with Crippen LogP contribution in [-0.2, 0) is 12.8 Å². The summed E-state index contributed by atoms with van der Waals surface area (Å²) in [6, 6.07) is 0. The van der Waals surface area contributed by atoms with Crippen molar-refractivity contribution in [1.29, 1.82) is 0 Å². The van der Waals surface area contributed by atoms with Gasteiger partial charge < -0.3 is 10.3 Å². The van der Waals surface area contributed by atoms with Crippen LogP contribution >= 0.6 is 0 Å². The van der Waals surface area contributed by atoms with Crippen molar-refractivity contribution in [3.8, 4) is 0 Å². The molecular formula is C13H25N3O. The standard InChI is InChI=1S/C13H25N3O/c1-2-3-4-5-6-7-8-9-13-15-12(10-11-14)16-17-13/h2-11,14H2,1H3. The van der Waals surface area contributed by atoms with Gasteiger partial charge in [0.15, 0.2) is 5.82 Å². The molecule has 0 aliphatic heterocycles. The fraction of sp³-hybridized carbons (Fsp3) is 0.846. The average molecular weight is 239 g/mol. The van der Waals surface area contributed by atoms with Crippen LogP contribution < -0.4 is 5.73 Å². The van der Waals surface area contributed by atoms with Gasteiger partial charge in [-0.05, 0) is 13.0 Å². The molecule has 0 fully saturated rings. The van der Waals surface area contributed by atoms with Gasteiger partial charge in [0.25, 0.3) is 0 Å². The zero-order valence-electron chi connectivity index (χ0n) is 11.0. The van der Waals surface area contributed by atoms with Crippen molar-refractivity contribution in [1.82, 2.24) is 10.1 Å². The Hall–Kier alpha value is -0.900. The molecule has 1 rings (SSSR count). The highest BCUT2D eigenvalue weighted by Crippen LogP contribution is 2.09. The lowest BCUT2D eigenvalue weighted by Gasteiger charge is -1.98. The predicted molar refractivity (Wildman–Crippen MR) is 68.8 cm³/mol. The second-order valence-electron chi connectivity index (χ2n) is 4.51. The minimum Gasteiger partial charge on any atom is -0.339 e. The third-order valence-electron chi connectivity index (χ3n) is 2.87. The predicted octanol–water partition coefficient (Wildman–Crippen LogP) is 2.86. The molecule has 1 aromatic rings. The molecule has 0 aromatic carbocycles. The van der Waals surface area contributed by atoms with E-state index in [1.807, 2.05) is 0 Å². The first-order chi connectivity index (χ1) is 8.36. The summed E-state index contributed by atoms with van der Waals surface area (Å²) in [7, 11) is 0. The van der Waals surface area contributed by atoms with E-state index in [4.69, 9.17) is 10.3 Å². The molecule has 0 aliphatic carbocycles. The number of hydrogen-bond donors (Lipinski definition) is 1. The summed E-state index contributed by atoms with van der Waals surface area (Å²) in [5.74, 6) is 1.51. The van der Waals surface area contributed by atoms with Crippen LogP contribution in [0.4, 0.5) is 0 Å². The van der Waals surface area contributed by atoms with Crippen molar-refractivity contribution in [3.05, 3.63) is 11.7 Å². The van der Waals surface area contributed by atoms with Crippen LogP contribution in [0.3, 0.4) is 0 Å². The second-order valence-corrected chi connectivity index (χ2v) is 4.51. The first-order valence-electron chi connectivity index (χ1n) is 6.88. The summed E-state index contributed by atoms with van der Waals surface area (Å²) in [5.41, 5.74) is 5.43. The Bertz CT molecular complexity index is 286. The van der Waals surface area contributed by atoms with Gasteiger partial charge in [-0.15, -0.1) is 0 Å². The van der Waals surface area contributed by atoms with Crippen molar-refractivity contribution in [2.75, 3.05) is 6.54 Å². The fourth-order valence-electron chi connectivity index (χ4n) is 1.86. The monoisotopic (exact) mass is 239 g/mol. The van der Waals surface area contributed by atoms with Crippen LogP contribution in [0.15, 0.2) is 4.52 Å². The highest BCUT2D eigenvalue weighted by Gasteiger charge is 2.04. The number of aromatic nitrogens is 2. The molecule has 0 saturated heterocycles. The number of hydrogen-bond acceptors (Lipinski definition) is 4. The van der Waals surface area contributed by atoms with E-state index in [1.54, 1.807) is 0 Å². The maximum Gasteiger partial charge on any atom is 0.226 e. The number of aryl methyl sites for hydroxylation is 1. The zero-order valence-corrected chi connectivity index (χ0v) is 11.0. The fourth-order valence-corrected chi connectivity index (χ4v) is 1.86. The average Bonchev–Trinajstić information content (AvgIpc) is 2.76. The SMILES string of the molecule is CCCCCCCCCc1nc(CCN)no1. The Labute approximate surface area is 104 Å². The molecule has 98 valence electrons. The Kier molecular flexibility index (Phi) is 7.63. The molecule has 1 aromatic heterocycles. The maximum atomic E-state index is 5.43. The molecule has 0 aliphatic rings. The van der Waals surface area contributed by atoms with Gasteiger partial charge >= 0.3 is 0 Å². The summed E-state index contributed by atoms with van der Waals surface area (Å²) >= 11 is 0. The van der Waals surface area contributed by atoms with Crippen LogP contribution in [0, 0.1) is 0 Å². The third-order valence-corrected chi connectivity index (χ3v) is 2.87. The molecule has 0 spiro atoms. The molecule has 0 unspecified atom stereocenters. The number of rotatable bonds is 10. The van der Waals surface area contributed by atoms with Crippen LogP contribution in [0.5, 0.6) is 0 Å². The molecule has 0 atom stereocenters. The van der Waals surface area contributed by atoms with E-state index in [0.717, 1.165) is 24.6 Å². The summed E-state index contributed by atoms with van der Waals surface area (Å²) in [5, 5.41) is 3.88. The van der Waals surface area contributed by atoms with Crippen molar-refractivity contribution in [2.45, 2.75) is 64.7 Å². The molecule has 0 radical (unpaired) electrons. The van der Waals surface area contributed by atoms with Crippen molar-refractivity contribution >= 4 is 0 Å². The molecule has 1 heterocycles. The number of unbranched alkanes of at least 4 members (excludes halogenated alkanes) is 6. The topological polar surface area (TPSA) is 64.9 Å². The van der Waals surface area contributed by atoms with Gasteiger partial charge in [0, 0.05) is 12.8 Å². The minimum atomic E-state index is 0.580. The van der Waals surface area contributed by atoms with E-state index >= 15 is 0 Å². The first kappa shape index (κ1) is 14.2. The summed E-state index contributed by atoms with van der Waals surface area (Å²) in [6.45, 7) is 2.82. The van der Waals surface area contributed by atoms with Crippen molar-refractivity contribution in [2.24, 2.45) is 5.73 Å². The number of nitrogens with zero attached hydrogens (tertiary/aromatic N) is 2. The molecule has 0 amide bonds. The third kappa shape index (κ3) is 6.41. The Morgan fingerprint density at radius 3 is 2.41 bits per heavy atom. The Morgan fingerprint density at radius 2 is 1.71 bits per heavy atom. The largest absolute Gasteiger partial charge is 0.339 e. The minimum absolute atomic E-state index is 0.580. The van der Waals surface area contributed by atoms with Crippen LogP contribution in [-0.4, -0.2) is 16.7 Å². The van der Waals surface area contributed by atoms with Crippen LogP contribution in [0.25, 0.3) is 0 Å². The molecular weight excluding hydrogens is 214 g/mol. The quantitative estimate of drug-likeness (QED) is 0.638. The molecule has 0 bridgehead atoms. The Balaban J connectivity index is 2.01. The van der Waals surface area contributed by atoms with E-state index in [2.05, 4.69) is 17.1 Å². The lowest BCUT2D eigenvalue weighted by molar-refractivity contribution is 0.368. The highest BCUT2D eigenvalue weighted by molar-refractivity contribution is 4.86. The van der Waals surface area contributed by atoms with E-state index in [9.17, 15) is 0 Å². The van der Waals surface area contributed by atoms with E-state index in [1.165, 1.54) is 38.5 Å². The lowest BCUT2D eigenvalue weighted by Crippen LogP contribution is -2.03. The smallest absolute Gasteiger partial charge is 0.226 e. The van der Waals surface area contributed by atoms with Gasteiger partial charge in [-0.3, -0.25) is 0 Å². The Morgan fingerprint density at radius 1 is 1.00 bits per heavy atom. The summed E-state index contributed by atoms with van der Waals surface area (Å²) < 4.78 is 5.15. The highest BCUT2D eigenvalue weighted by atomic mass is 16.5. The van der Waals surface area contributed by atoms with Gasteiger partial charge in [-0.1, -0.05) is 50.6 Å².